The molecule has 3 heteroatoms. The fraction of sp³-hybridized carbons (Fsp3) is 0.138. The molecule has 0 N–H and O–H groups in total. The molecule has 6 aromatic rings. The highest BCUT2D eigenvalue weighted by Gasteiger charge is 2.16. The molecule has 0 spiro atoms. The van der Waals surface area contributed by atoms with Crippen molar-refractivity contribution in [2.75, 3.05) is 0 Å². The monoisotopic (exact) mass is 416 g/mol. The molecule has 156 valence electrons. The summed E-state index contributed by atoms with van der Waals surface area (Å²) in [6.07, 6.45) is 1.07. The van der Waals surface area contributed by atoms with E-state index in [-0.39, 0.29) is 0 Å². The number of nitrogens with zero attached hydrogens (tertiary/aromatic N) is 2. The molecule has 32 heavy (non-hydrogen) atoms. The van der Waals surface area contributed by atoms with Gasteiger partial charge in [0.25, 0.3) is 0 Å². The summed E-state index contributed by atoms with van der Waals surface area (Å²) in [5.41, 5.74) is 7.59. The van der Waals surface area contributed by atoms with E-state index in [9.17, 15) is 0 Å². The molecule has 0 aliphatic rings. The highest BCUT2D eigenvalue weighted by molar-refractivity contribution is 6.09. The van der Waals surface area contributed by atoms with Crippen LogP contribution in [0.15, 0.2) is 95.4 Å². The van der Waals surface area contributed by atoms with Crippen LogP contribution in [0.2, 0.25) is 0 Å². The summed E-state index contributed by atoms with van der Waals surface area (Å²) in [6.45, 7) is 4.44. The van der Waals surface area contributed by atoms with Gasteiger partial charge in [0.1, 0.15) is 5.52 Å². The summed E-state index contributed by atoms with van der Waals surface area (Å²) in [7, 11) is 0. The van der Waals surface area contributed by atoms with Crippen molar-refractivity contribution in [1.29, 1.82) is 0 Å². The molecule has 1 atom stereocenters. The van der Waals surface area contributed by atoms with E-state index in [4.69, 9.17) is 9.40 Å². The Balaban J connectivity index is 1.46. The van der Waals surface area contributed by atoms with Gasteiger partial charge in [-0.3, -0.25) is 0 Å². The topological polar surface area (TPSA) is 31.0 Å². The first-order chi connectivity index (χ1) is 15.7. The molecule has 0 radical (unpaired) electrons. The molecular formula is C29H24N2O. The van der Waals surface area contributed by atoms with E-state index in [1.54, 1.807) is 0 Å². The fourth-order valence-corrected chi connectivity index (χ4v) is 4.66. The average molecular weight is 417 g/mol. The number of fused-ring (bicyclic) bond motifs is 4. The molecule has 1 unspecified atom stereocenters. The predicted molar refractivity (Wildman–Crippen MR) is 132 cm³/mol. The van der Waals surface area contributed by atoms with E-state index in [2.05, 4.69) is 103 Å². The lowest BCUT2D eigenvalue weighted by Gasteiger charge is -2.08. The van der Waals surface area contributed by atoms with E-state index in [1.807, 2.05) is 6.07 Å². The Morgan fingerprint density at radius 2 is 1.44 bits per heavy atom. The number of rotatable bonds is 4. The largest absolute Gasteiger partial charge is 0.436 e. The van der Waals surface area contributed by atoms with Gasteiger partial charge in [0.05, 0.1) is 11.0 Å². The second-order valence-electron chi connectivity index (χ2n) is 8.44. The summed E-state index contributed by atoms with van der Waals surface area (Å²) < 4.78 is 8.58. The number of aromatic nitrogens is 2. The zero-order valence-electron chi connectivity index (χ0n) is 18.2. The van der Waals surface area contributed by atoms with Crippen molar-refractivity contribution in [2.45, 2.75) is 26.2 Å². The van der Waals surface area contributed by atoms with Crippen LogP contribution < -0.4 is 0 Å². The van der Waals surface area contributed by atoms with Crippen molar-refractivity contribution in [3.63, 3.8) is 0 Å². The Morgan fingerprint density at radius 1 is 0.781 bits per heavy atom. The van der Waals surface area contributed by atoms with Gasteiger partial charge < -0.3 is 8.98 Å². The van der Waals surface area contributed by atoms with Crippen LogP contribution in [0.5, 0.6) is 0 Å². The lowest BCUT2D eigenvalue weighted by atomic mass is 9.98. The van der Waals surface area contributed by atoms with E-state index in [0.29, 0.717) is 11.8 Å². The van der Waals surface area contributed by atoms with E-state index >= 15 is 0 Å². The maximum atomic E-state index is 6.26. The van der Waals surface area contributed by atoms with Crippen LogP contribution in [0.25, 0.3) is 50.0 Å². The van der Waals surface area contributed by atoms with Gasteiger partial charge in [-0.1, -0.05) is 62.4 Å². The van der Waals surface area contributed by atoms with Gasteiger partial charge in [-0.05, 0) is 60.4 Å². The van der Waals surface area contributed by atoms with Gasteiger partial charge in [0, 0.05) is 22.0 Å². The molecule has 0 fully saturated rings. The summed E-state index contributed by atoms with van der Waals surface area (Å²) in [5, 5.41) is 2.53. The number of hydrogen-bond donors (Lipinski definition) is 0. The van der Waals surface area contributed by atoms with Crippen LogP contribution in [-0.2, 0) is 0 Å². The lowest BCUT2D eigenvalue weighted by Crippen LogP contribution is -1.93. The zero-order chi connectivity index (χ0) is 21.7. The molecule has 2 aromatic heterocycles. The highest BCUT2D eigenvalue weighted by Crippen LogP contribution is 2.34. The lowest BCUT2D eigenvalue weighted by molar-refractivity contribution is 0.606. The standard InChI is InChI=1S/C29H24N2O/c1-3-19(2)22-11-8-12-25-28(22)32-29(30-25)20-15-17-21(18-16-20)31-26-13-6-4-9-23(26)24-10-5-7-14-27(24)31/h4-19H,3H2,1-2H3. The molecule has 0 aliphatic carbocycles. The number of benzene rings is 4. The summed E-state index contributed by atoms with van der Waals surface area (Å²) >= 11 is 0. The Hall–Kier alpha value is -3.85. The molecule has 0 bridgehead atoms. The minimum Gasteiger partial charge on any atom is -0.436 e. The van der Waals surface area contributed by atoms with Crippen molar-refractivity contribution in [3.8, 4) is 17.1 Å². The summed E-state index contributed by atoms with van der Waals surface area (Å²) in [5.74, 6) is 1.11. The predicted octanol–water partition coefficient (Wildman–Crippen LogP) is 8.11. The zero-order valence-corrected chi connectivity index (χ0v) is 18.2. The Morgan fingerprint density at radius 3 is 2.09 bits per heavy atom. The quantitative estimate of drug-likeness (QED) is 0.291. The average Bonchev–Trinajstić information content (AvgIpc) is 3.43. The Bertz CT molecular complexity index is 1520. The number of para-hydroxylation sites is 3. The van der Waals surface area contributed by atoms with Crippen molar-refractivity contribution >= 4 is 32.9 Å². The second kappa shape index (κ2) is 7.38. The normalized spacial score (nSPS) is 12.7. The van der Waals surface area contributed by atoms with Crippen molar-refractivity contribution in [1.82, 2.24) is 9.55 Å². The van der Waals surface area contributed by atoms with Gasteiger partial charge in [-0.15, -0.1) is 0 Å². The molecule has 3 nitrogen and oxygen atoms in total. The smallest absolute Gasteiger partial charge is 0.227 e. The maximum Gasteiger partial charge on any atom is 0.227 e. The molecule has 2 heterocycles. The van der Waals surface area contributed by atoms with Crippen molar-refractivity contribution in [3.05, 3.63) is 96.6 Å². The first kappa shape index (κ1) is 18.9. The molecule has 0 amide bonds. The fourth-order valence-electron chi connectivity index (χ4n) is 4.66. The summed E-state index contributed by atoms with van der Waals surface area (Å²) in [6, 6.07) is 31.9. The number of oxazole rings is 1. The Labute approximate surface area is 186 Å². The summed E-state index contributed by atoms with van der Waals surface area (Å²) in [4.78, 5) is 4.78. The molecule has 4 aromatic carbocycles. The van der Waals surface area contributed by atoms with E-state index in [0.717, 1.165) is 28.8 Å². The van der Waals surface area contributed by atoms with Crippen LogP contribution in [0, 0.1) is 0 Å². The van der Waals surface area contributed by atoms with Gasteiger partial charge in [-0.25, -0.2) is 4.98 Å². The van der Waals surface area contributed by atoms with E-state index in [1.165, 1.54) is 27.4 Å². The second-order valence-corrected chi connectivity index (χ2v) is 8.44. The van der Waals surface area contributed by atoms with Crippen LogP contribution in [-0.4, -0.2) is 9.55 Å². The minimum atomic E-state index is 0.442. The molecule has 0 saturated carbocycles. The van der Waals surface area contributed by atoms with Crippen LogP contribution in [0.1, 0.15) is 31.7 Å². The van der Waals surface area contributed by atoms with Gasteiger partial charge in [-0.2, -0.15) is 0 Å². The first-order valence-electron chi connectivity index (χ1n) is 11.2. The highest BCUT2D eigenvalue weighted by atomic mass is 16.3. The van der Waals surface area contributed by atoms with Crippen molar-refractivity contribution < 1.29 is 4.42 Å². The molecule has 0 saturated heterocycles. The third-order valence-corrected chi connectivity index (χ3v) is 6.54. The maximum absolute atomic E-state index is 6.26. The van der Waals surface area contributed by atoms with Gasteiger partial charge in [0.15, 0.2) is 5.58 Å². The number of hydrogen-bond acceptors (Lipinski definition) is 2. The third kappa shape index (κ3) is 2.85. The first-order valence-corrected chi connectivity index (χ1v) is 11.2. The molecule has 6 rings (SSSR count). The minimum absolute atomic E-state index is 0.442. The van der Waals surface area contributed by atoms with Gasteiger partial charge >= 0.3 is 0 Å². The SMILES string of the molecule is CCC(C)c1cccc2nc(-c3ccc(-n4c5ccccc5c5ccccc54)cc3)oc12. The molecule has 0 aliphatic heterocycles. The third-order valence-electron chi connectivity index (χ3n) is 6.54. The van der Waals surface area contributed by atoms with Crippen LogP contribution in [0.4, 0.5) is 0 Å². The Kier molecular flexibility index (Phi) is 4.36. The van der Waals surface area contributed by atoms with Crippen LogP contribution in [0.3, 0.4) is 0 Å². The van der Waals surface area contributed by atoms with E-state index < -0.39 is 0 Å². The van der Waals surface area contributed by atoms with Gasteiger partial charge in [0.2, 0.25) is 5.89 Å². The van der Waals surface area contributed by atoms with Crippen molar-refractivity contribution in [2.24, 2.45) is 0 Å². The van der Waals surface area contributed by atoms with Crippen LogP contribution >= 0.6 is 0 Å². The molecular weight excluding hydrogens is 392 g/mol.